The number of halogens is 2. The molecule has 0 bridgehead atoms. The number of benzene rings is 1. The van der Waals surface area contributed by atoms with Gasteiger partial charge in [0.2, 0.25) is 5.91 Å². The van der Waals surface area contributed by atoms with E-state index < -0.39 is 0 Å². The van der Waals surface area contributed by atoms with Crippen LogP contribution in [-0.4, -0.2) is 19.0 Å². The highest BCUT2D eigenvalue weighted by Crippen LogP contribution is 2.15. The van der Waals surface area contributed by atoms with Gasteiger partial charge >= 0.3 is 0 Å². The van der Waals surface area contributed by atoms with Crippen LogP contribution in [0.25, 0.3) is 0 Å². The van der Waals surface area contributed by atoms with Crippen molar-refractivity contribution in [1.29, 1.82) is 0 Å². The van der Waals surface area contributed by atoms with Crippen LogP contribution < -0.4 is 10.6 Å². The summed E-state index contributed by atoms with van der Waals surface area (Å²) in [6.07, 6.45) is 2.90. The fraction of sp³-hybridized carbons (Fsp3) is 0.500. The van der Waals surface area contributed by atoms with E-state index in [1.165, 1.54) is 0 Å². The zero-order valence-electron chi connectivity index (χ0n) is 10.8. The molecule has 0 atom stereocenters. The Kier molecular flexibility index (Phi) is 7.42. The van der Waals surface area contributed by atoms with Crippen molar-refractivity contribution in [1.82, 2.24) is 10.6 Å². The van der Waals surface area contributed by atoms with Crippen LogP contribution in [-0.2, 0) is 11.3 Å². The van der Waals surface area contributed by atoms with Gasteiger partial charge in [0.15, 0.2) is 0 Å². The van der Waals surface area contributed by atoms with Crippen LogP contribution in [0.4, 0.5) is 0 Å². The summed E-state index contributed by atoms with van der Waals surface area (Å²) in [5.41, 5.74) is 1.14. The third kappa shape index (κ3) is 5.93. The van der Waals surface area contributed by atoms with E-state index in [4.69, 9.17) is 0 Å². The molecule has 1 amide bonds. The molecule has 1 fully saturated rings. The minimum absolute atomic E-state index is 0. The Morgan fingerprint density at radius 1 is 1.26 bits per heavy atom. The number of hydrogen-bond acceptors (Lipinski definition) is 2. The Bertz CT molecular complexity index is 391. The van der Waals surface area contributed by atoms with Crippen molar-refractivity contribution in [2.45, 2.75) is 25.8 Å². The van der Waals surface area contributed by atoms with Gasteiger partial charge in [-0.15, -0.1) is 12.4 Å². The molecular weight excluding hydrogens is 328 g/mol. The van der Waals surface area contributed by atoms with Crippen LogP contribution >= 0.6 is 28.3 Å². The lowest BCUT2D eigenvalue weighted by Crippen LogP contribution is -2.32. The van der Waals surface area contributed by atoms with E-state index in [-0.39, 0.29) is 18.3 Å². The molecule has 1 aliphatic heterocycles. The van der Waals surface area contributed by atoms with Gasteiger partial charge in [0.25, 0.3) is 0 Å². The van der Waals surface area contributed by atoms with E-state index in [2.05, 4.69) is 26.6 Å². The second-order valence-corrected chi connectivity index (χ2v) is 5.72. The normalized spacial score (nSPS) is 15.6. The molecule has 0 aromatic heterocycles. The summed E-state index contributed by atoms with van der Waals surface area (Å²) in [4.78, 5) is 11.8. The molecule has 0 saturated carbocycles. The number of hydrogen-bond donors (Lipinski definition) is 2. The van der Waals surface area contributed by atoms with E-state index in [1.54, 1.807) is 0 Å². The van der Waals surface area contributed by atoms with E-state index in [9.17, 15) is 4.79 Å². The molecule has 1 aromatic carbocycles. The summed E-state index contributed by atoms with van der Waals surface area (Å²) >= 11 is 3.40. The van der Waals surface area contributed by atoms with Crippen molar-refractivity contribution < 1.29 is 4.79 Å². The van der Waals surface area contributed by atoms with Crippen LogP contribution in [0.15, 0.2) is 28.7 Å². The summed E-state index contributed by atoms with van der Waals surface area (Å²) < 4.78 is 1.06. The second-order valence-electron chi connectivity index (χ2n) is 4.80. The van der Waals surface area contributed by atoms with E-state index in [0.717, 1.165) is 36.0 Å². The zero-order valence-corrected chi connectivity index (χ0v) is 13.2. The number of amides is 1. The predicted octanol–water partition coefficient (Wildman–Crippen LogP) is 2.88. The number of carbonyl (C=O) groups is 1. The van der Waals surface area contributed by atoms with Crippen LogP contribution in [0.5, 0.6) is 0 Å². The predicted molar refractivity (Wildman–Crippen MR) is 83.4 cm³/mol. The first-order valence-corrected chi connectivity index (χ1v) is 7.25. The average Bonchev–Trinajstić information content (AvgIpc) is 2.39. The maximum Gasteiger partial charge on any atom is 0.220 e. The van der Waals surface area contributed by atoms with Gasteiger partial charge in [-0.05, 0) is 49.5 Å². The maximum absolute atomic E-state index is 11.8. The van der Waals surface area contributed by atoms with E-state index in [1.807, 2.05) is 24.3 Å². The zero-order chi connectivity index (χ0) is 12.8. The van der Waals surface area contributed by atoms with Gasteiger partial charge in [0, 0.05) is 17.4 Å². The molecule has 3 nitrogen and oxygen atoms in total. The minimum Gasteiger partial charge on any atom is -0.352 e. The van der Waals surface area contributed by atoms with Gasteiger partial charge in [0.05, 0.1) is 0 Å². The number of piperidine rings is 1. The lowest BCUT2D eigenvalue weighted by molar-refractivity contribution is -0.122. The van der Waals surface area contributed by atoms with Crippen molar-refractivity contribution >= 4 is 34.2 Å². The fourth-order valence-corrected chi connectivity index (χ4v) is 2.49. The van der Waals surface area contributed by atoms with Crippen molar-refractivity contribution in [3.63, 3.8) is 0 Å². The van der Waals surface area contributed by atoms with Crippen molar-refractivity contribution in [2.24, 2.45) is 5.92 Å². The Morgan fingerprint density at radius 2 is 1.89 bits per heavy atom. The Hall–Kier alpha value is -0.580. The maximum atomic E-state index is 11.8. The minimum atomic E-state index is 0. The quantitative estimate of drug-likeness (QED) is 0.879. The van der Waals surface area contributed by atoms with Crippen LogP contribution in [0.1, 0.15) is 24.8 Å². The van der Waals surface area contributed by atoms with Gasteiger partial charge < -0.3 is 10.6 Å². The van der Waals surface area contributed by atoms with Crippen LogP contribution in [0.2, 0.25) is 0 Å². The first kappa shape index (κ1) is 16.5. The molecule has 0 radical (unpaired) electrons. The monoisotopic (exact) mass is 346 g/mol. The van der Waals surface area contributed by atoms with E-state index >= 15 is 0 Å². The average molecular weight is 348 g/mol. The van der Waals surface area contributed by atoms with E-state index in [0.29, 0.717) is 18.9 Å². The SMILES string of the molecule is Cl.O=C(CC1CCNCC1)NCc1ccc(Br)cc1. The number of nitrogens with one attached hydrogen (secondary N) is 2. The highest BCUT2D eigenvalue weighted by atomic mass is 79.9. The van der Waals surface area contributed by atoms with Crippen LogP contribution in [0.3, 0.4) is 0 Å². The molecule has 1 aliphatic rings. The molecule has 0 unspecified atom stereocenters. The summed E-state index contributed by atoms with van der Waals surface area (Å²) in [5.74, 6) is 0.723. The molecule has 5 heteroatoms. The summed E-state index contributed by atoms with van der Waals surface area (Å²) in [5, 5.41) is 6.31. The van der Waals surface area contributed by atoms with Gasteiger partial charge in [-0.3, -0.25) is 4.79 Å². The summed E-state index contributed by atoms with van der Waals surface area (Å²) in [6, 6.07) is 8.03. The first-order valence-electron chi connectivity index (χ1n) is 6.46. The lowest BCUT2D eigenvalue weighted by Gasteiger charge is -2.21. The molecular formula is C14H20BrClN2O. The first-order chi connectivity index (χ1) is 8.74. The standard InChI is InChI=1S/C14H19BrN2O.ClH/c15-13-3-1-12(2-4-13)10-17-14(18)9-11-5-7-16-8-6-11;/h1-4,11,16H,5-10H2,(H,17,18);1H. The summed E-state index contributed by atoms with van der Waals surface area (Å²) in [7, 11) is 0. The molecule has 2 rings (SSSR count). The van der Waals surface area contributed by atoms with Gasteiger partial charge in [0.1, 0.15) is 0 Å². The third-order valence-electron chi connectivity index (χ3n) is 3.34. The van der Waals surface area contributed by atoms with Crippen LogP contribution in [0, 0.1) is 5.92 Å². The number of carbonyl (C=O) groups excluding carboxylic acids is 1. The Labute approximate surface area is 129 Å². The Balaban J connectivity index is 0.00000180. The molecule has 19 heavy (non-hydrogen) atoms. The lowest BCUT2D eigenvalue weighted by atomic mass is 9.94. The summed E-state index contributed by atoms with van der Waals surface area (Å²) in [6.45, 7) is 2.71. The molecule has 2 N–H and O–H groups in total. The molecule has 1 aromatic rings. The highest BCUT2D eigenvalue weighted by Gasteiger charge is 2.16. The topological polar surface area (TPSA) is 41.1 Å². The van der Waals surface area contributed by atoms with Crippen molar-refractivity contribution in [3.05, 3.63) is 34.3 Å². The molecule has 0 spiro atoms. The third-order valence-corrected chi connectivity index (χ3v) is 3.86. The second kappa shape index (κ2) is 8.56. The Morgan fingerprint density at radius 3 is 2.53 bits per heavy atom. The molecule has 0 aliphatic carbocycles. The molecule has 1 saturated heterocycles. The molecule has 106 valence electrons. The van der Waals surface area contributed by atoms with Gasteiger partial charge in [-0.25, -0.2) is 0 Å². The smallest absolute Gasteiger partial charge is 0.220 e. The fourth-order valence-electron chi connectivity index (χ4n) is 2.22. The largest absolute Gasteiger partial charge is 0.352 e. The number of rotatable bonds is 4. The highest BCUT2D eigenvalue weighted by molar-refractivity contribution is 9.10. The van der Waals surface area contributed by atoms with Gasteiger partial charge in [-0.1, -0.05) is 28.1 Å². The van der Waals surface area contributed by atoms with Crippen molar-refractivity contribution in [3.8, 4) is 0 Å². The molecule has 1 heterocycles. The van der Waals surface area contributed by atoms with Gasteiger partial charge in [-0.2, -0.15) is 0 Å². The van der Waals surface area contributed by atoms with Crippen molar-refractivity contribution in [2.75, 3.05) is 13.1 Å².